The molecule has 0 radical (unpaired) electrons. The molecular weight excluding hydrogens is 470 g/mol. The fourth-order valence-corrected chi connectivity index (χ4v) is 4.96. The van der Waals surface area contributed by atoms with Gasteiger partial charge in [0.15, 0.2) is 0 Å². The Bertz CT molecular complexity index is 1130. The van der Waals surface area contributed by atoms with Gasteiger partial charge in [-0.25, -0.2) is 13.1 Å². The Morgan fingerprint density at radius 1 is 1.00 bits per heavy atom. The predicted molar refractivity (Wildman–Crippen MR) is 147 cm³/mol. The third-order valence-electron chi connectivity index (χ3n) is 6.85. The zero-order chi connectivity index (χ0) is 26.2. The third kappa shape index (κ3) is 8.62. The first kappa shape index (κ1) is 28.2. The summed E-state index contributed by atoms with van der Waals surface area (Å²) >= 11 is 0. The monoisotopic (exact) mass is 513 g/mol. The Morgan fingerprint density at radius 2 is 1.75 bits per heavy atom. The van der Waals surface area contributed by atoms with E-state index < -0.39 is 10.0 Å². The maximum Gasteiger partial charge on any atom is 0.240 e. The fraction of sp³-hybridized carbons (Fsp3) is 0.500. The van der Waals surface area contributed by atoms with Crippen LogP contribution in [-0.2, 0) is 23.0 Å². The van der Waals surface area contributed by atoms with Gasteiger partial charge in [-0.15, -0.1) is 5.53 Å². The van der Waals surface area contributed by atoms with Crippen LogP contribution in [0, 0.1) is 13.8 Å². The molecule has 0 bridgehead atoms. The van der Waals surface area contributed by atoms with E-state index in [-0.39, 0.29) is 5.54 Å². The lowest BCUT2D eigenvalue weighted by Crippen LogP contribution is -2.37. The number of hydrogen-bond donors (Lipinski definition) is 4. The van der Waals surface area contributed by atoms with Gasteiger partial charge in [0.05, 0.1) is 4.90 Å². The number of rotatable bonds is 14. The van der Waals surface area contributed by atoms with Crippen molar-refractivity contribution >= 4 is 10.0 Å². The van der Waals surface area contributed by atoms with Crippen LogP contribution in [0.2, 0.25) is 0 Å². The van der Waals surface area contributed by atoms with Gasteiger partial charge in [-0.1, -0.05) is 42.8 Å². The Balaban J connectivity index is 1.38. The van der Waals surface area contributed by atoms with E-state index in [4.69, 9.17) is 0 Å². The maximum atomic E-state index is 12.4. The van der Waals surface area contributed by atoms with Crippen molar-refractivity contribution in [1.82, 2.24) is 26.0 Å². The number of sulfonamides is 1. The van der Waals surface area contributed by atoms with Gasteiger partial charge in [-0.05, 0) is 82.2 Å². The lowest BCUT2D eigenvalue weighted by molar-refractivity contribution is 0.265. The molecule has 0 spiro atoms. The van der Waals surface area contributed by atoms with Crippen LogP contribution in [0.4, 0.5) is 0 Å². The highest BCUT2D eigenvalue weighted by molar-refractivity contribution is 7.89. The standard InChI is InChI=1S/C28H43N5O2S/c1-6-28(4,5)29-20-24-13-12-23(3)25(19-24)9-7-8-18-33-21-26(31-32-33)16-17-30-36(34,35)27-14-10-22(2)11-15-27/h10-15,19,21,29-32H,6-9,16-18,20H2,1-5H3. The Kier molecular flexibility index (Phi) is 9.96. The molecule has 8 heteroatoms. The van der Waals surface area contributed by atoms with Crippen molar-refractivity contribution in [3.63, 3.8) is 0 Å². The molecule has 2 aromatic rings. The van der Waals surface area contributed by atoms with E-state index in [1.165, 1.54) is 16.7 Å². The van der Waals surface area contributed by atoms with E-state index in [1.54, 1.807) is 24.3 Å². The van der Waals surface area contributed by atoms with E-state index in [9.17, 15) is 8.42 Å². The minimum Gasteiger partial charge on any atom is -0.308 e. The van der Waals surface area contributed by atoms with Crippen LogP contribution in [0.15, 0.2) is 59.3 Å². The molecule has 7 nitrogen and oxygen atoms in total. The van der Waals surface area contributed by atoms with E-state index in [2.05, 4.69) is 66.9 Å². The van der Waals surface area contributed by atoms with Gasteiger partial charge in [-0.3, -0.25) is 5.01 Å². The summed E-state index contributed by atoms with van der Waals surface area (Å²) in [5.41, 5.74) is 12.6. The second-order valence-corrected chi connectivity index (χ2v) is 12.1. The van der Waals surface area contributed by atoms with Crippen molar-refractivity contribution in [2.75, 3.05) is 13.1 Å². The Labute approximate surface area is 217 Å². The third-order valence-corrected chi connectivity index (χ3v) is 8.33. The van der Waals surface area contributed by atoms with Crippen molar-refractivity contribution < 1.29 is 8.42 Å². The van der Waals surface area contributed by atoms with Gasteiger partial charge in [0, 0.05) is 43.5 Å². The summed E-state index contributed by atoms with van der Waals surface area (Å²) in [7, 11) is -3.49. The fourth-order valence-electron chi connectivity index (χ4n) is 3.93. The number of unbranched alkanes of at least 4 members (excludes halogenated alkanes) is 1. The van der Waals surface area contributed by atoms with Gasteiger partial charge < -0.3 is 10.7 Å². The molecular formula is C28H43N5O2S. The summed E-state index contributed by atoms with van der Waals surface area (Å²) in [5.74, 6) is 0. The van der Waals surface area contributed by atoms with Crippen molar-refractivity contribution in [1.29, 1.82) is 0 Å². The first-order valence-corrected chi connectivity index (χ1v) is 14.4. The van der Waals surface area contributed by atoms with Gasteiger partial charge >= 0.3 is 0 Å². The first-order valence-electron chi connectivity index (χ1n) is 13.0. The van der Waals surface area contributed by atoms with Crippen LogP contribution in [-0.4, -0.2) is 32.1 Å². The van der Waals surface area contributed by atoms with Gasteiger partial charge in [0.2, 0.25) is 10.0 Å². The molecule has 1 heterocycles. The number of nitrogens with zero attached hydrogens (tertiary/aromatic N) is 1. The molecule has 0 atom stereocenters. The lowest BCUT2D eigenvalue weighted by Gasteiger charge is -2.25. The largest absolute Gasteiger partial charge is 0.308 e. The van der Waals surface area contributed by atoms with Crippen molar-refractivity contribution in [3.8, 4) is 0 Å². The summed E-state index contributed by atoms with van der Waals surface area (Å²) in [6.45, 7) is 12.9. The quantitative estimate of drug-likeness (QED) is 0.280. The molecule has 0 amide bonds. The van der Waals surface area contributed by atoms with Crippen LogP contribution in [0.25, 0.3) is 0 Å². The summed E-state index contributed by atoms with van der Waals surface area (Å²) < 4.78 is 27.5. The SMILES string of the molecule is CCC(C)(C)NCc1ccc(C)c(CCCCN2C=C(CCNS(=O)(=O)c3ccc(C)cc3)NN2)c1. The predicted octanol–water partition coefficient (Wildman–Crippen LogP) is 4.44. The minimum absolute atomic E-state index is 0.152. The molecule has 0 unspecified atom stereocenters. The molecule has 4 N–H and O–H groups in total. The first-order chi connectivity index (χ1) is 17.1. The molecule has 3 rings (SSSR count). The lowest BCUT2D eigenvalue weighted by atomic mass is 9.98. The number of hydrazine groups is 2. The second kappa shape index (κ2) is 12.7. The highest BCUT2D eigenvalue weighted by Crippen LogP contribution is 2.17. The van der Waals surface area contributed by atoms with Crippen LogP contribution in [0.3, 0.4) is 0 Å². The molecule has 0 aromatic heterocycles. The summed E-state index contributed by atoms with van der Waals surface area (Å²) in [6.07, 6.45) is 6.94. The van der Waals surface area contributed by atoms with Crippen LogP contribution in [0.1, 0.15) is 68.7 Å². The smallest absolute Gasteiger partial charge is 0.240 e. The summed E-state index contributed by atoms with van der Waals surface area (Å²) in [4.78, 5) is 0.294. The summed E-state index contributed by atoms with van der Waals surface area (Å²) in [5, 5.41) is 5.68. The summed E-state index contributed by atoms with van der Waals surface area (Å²) in [6, 6.07) is 13.7. The Morgan fingerprint density at radius 3 is 2.47 bits per heavy atom. The highest BCUT2D eigenvalue weighted by atomic mass is 32.2. The maximum absolute atomic E-state index is 12.4. The second-order valence-electron chi connectivity index (χ2n) is 10.4. The van der Waals surface area contributed by atoms with Gasteiger partial charge in [0.25, 0.3) is 0 Å². The highest BCUT2D eigenvalue weighted by Gasteiger charge is 2.16. The zero-order valence-corrected chi connectivity index (χ0v) is 23.3. The van der Waals surface area contributed by atoms with E-state index >= 15 is 0 Å². The molecule has 0 saturated carbocycles. The van der Waals surface area contributed by atoms with E-state index in [0.717, 1.165) is 50.0 Å². The zero-order valence-electron chi connectivity index (χ0n) is 22.4. The van der Waals surface area contributed by atoms with Crippen LogP contribution < -0.4 is 21.0 Å². The van der Waals surface area contributed by atoms with Crippen molar-refractivity contribution in [3.05, 3.63) is 76.6 Å². The molecule has 1 aliphatic heterocycles. The Hall–Kier alpha value is -2.39. The normalized spacial score (nSPS) is 14.1. The van der Waals surface area contributed by atoms with Gasteiger partial charge in [0.1, 0.15) is 0 Å². The topological polar surface area (TPSA) is 85.5 Å². The molecule has 0 aliphatic carbocycles. The molecule has 0 saturated heterocycles. The molecule has 0 fully saturated rings. The number of aryl methyl sites for hydroxylation is 3. The number of nitrogens with one attached hydrogen (secondary N) is 4. The van der Waals surface area contributed by atoms with E-state index in [0.29, 0.717) is 17.9 Å². The van der Waals surface area contributed by atoms with Gasteiger partial charge in [-0.2, -0.15) is 0 Å². The number of hydrogen-bond acceptors (Lipinski definition) is 6. The van der Waals surface area contributed by atoms with Crippen molar-refractivity contribution in [2.45, 2.75) is 83.7 Å². The molecule has 2 aromatic carbocycles. The van der Waals surface area contributed by atoms with Crippen LogP contribution >= 0.6 is 0 Å². The molecule has 198 valence electrons. The average molecular weight is 514 g/mol. The average Bonchev–Trinajstić information content (AvgIpc) is 3.29. The minimum atomic E-state index is -3.49. The number of benzene rings is 2. The van der Waals surface area contributed by atoms with E-state index in [1.807, 2.05) is 18.1 Å². The van der Waals surface area contributed by atoms with Crippen LogP contribution in [0.5, 0.6) is 0 Å². The molecule has 36 heavy (non-hydrogen) atoms. The van der Waals surface area contributed by atoms with Crippen molar-refractivity contribution in [2.24, 2.45) is 0 Å². The molecule has 1 aliphatic rings.